The quantitative estimate of drug-likeness (QED) is 0.498. The first-order chi connectivity index (χ1) is 6.50. The van der Waals surface area contributed by atoms with E-state index >= 15 is 0 Å². The van der Waals surface area contributed by atoms with Crippen molar-refractivity contribution in [1.82, 2.24) is 14.9 Å². The molecule has 0 radical (unpaired) electrons. The van der Waals surface area contributed by atoms with Crippen LogP contribution in [0.5, 0.6) is 0 Å². The third kappa shape index (κ3) is 2.32. The fourth-order valence-electron chi connectivity index (χ4n) is 0.922. The zero-order valence-electron chi connectivity index (χ0n) is 8.29. The Bertz CT molecular complexity index is 455. The Hall–Kier alpha value is -1.85. The fraction of sp³-hybridized carbons (Fsp3) is 0.375. The molecule has 6 nitrogen and oxygen atoms in total. The maximum atomic E-state index is 11.3. The van der Waals surface area contributed by atoms with Gasteiger partial charge in [0, 0.05) is 19.8 Å². The molecule has 0 aliphatic heterocycles. The summed E-state index contributed by atoms with van der Waals surface area (Å²) in [7, 11) is 3.58. The molecule has 0 fully saturated rings. The summed E-state index contributed by atoms with van der Waals surface area (Å²) in [6.45, 7) is 1.62. The van der Waals surface area contributed by atoms with Crippen LogP contribution < -0.4 is 11.2 Å². The van der Waals surface area contributed by atoms with Crippen LogP contribution in [-0.2, 0) is 0 Å². The molecule has 76 valence electrons. The van der Waals surface area contributed by atoms with Gasteiger partial charge in [-0.3, -0.25) is 9.78 Å². The van der Waals surface area contributed by atoms with E-state index < -0.39 is 11.2 Å². The van der Waals surface area contributed by atoms with E-state index in [1.807, 2.05) is 0 Å². The predicted molar refractivity (Wildman–Crippen MR) is 54.3 cm³/mol. The Kier molecular flexibility index (Phi) is 2.85. The van der Waals surface area contributed by atoms with E-state index in [2.05, 4.69) is 15.0 Å². The smallest absolute Gasteiger partial charge is 0.326 e. The molecule has 0 saturated carbocycles. The minimum Gasteiger partial charge on any atom is -0.369 e. The van der Waals surface area contributed by atoms with Crippen molar-refractivity contribution >= 4 is 12.0 Å². The molecule has 0 atom stereocenters. The highest BCUT2D eigenvalue weighted by atomic mass is 16.2. The molecular weight excluding hydrogens is 184 g/mol. The third-order valence-corrected chi connectivity index (χ3v) is 1.52. The molecule has 14 heavy (non-hydrogen) atoms. The fourth-order valence-corrected chi connectivity index (χ4v) is 0.922. The molecule has 0 aliphatic rings. The van der Waals surface area contributed by atoms with Crippen LogP contribution in [0, 0.1) is 6.92 Å². The molecule has 1 aromatic rings. The molecule has 1 rings (SSSR count). The Morgan fingerprint density at radius 2 is 1.93 bits per heavy atom. The molecule has 0 aromatic carbocycles. The van der Waals surface area contributed by atoms with Gasteiger partial charge >= 0.3 is 5.69 Å². The van der Waals surface area contributed by atoms with Gasteiger partial charge in [-0.2, -0.15) is 0 Å². The monoisotopic (exact) mass is 196 g/mol. The van der Waals surface area contributed by atoms with Crippen LogP contribution >= 0.6 is 0 Å². The van der Waals surface area contributed by atoms with Crippen LogP contribution in [-0.4, -0.2) is 35.3 Å². The van der Waals surface area contributed by atoms with E-state index in [1.54, 1.807) is 25.9 Å². The lowest BCUT2D eigenvalue weighted by Crippen LogP contribution is -2.23. The number of hydrogen-bond acceptors (Lipinski definition) is 3. The van der Waals surface area contributed by atoms with Gasteiger partial charge in [0.05, 0.1) is 6.34 Å². The van der Waals surface area contributed by atoms with Gasteiger partial charge in [0.25, 0.3) is 5.56 Å². The number of aromatic amines is 2. The average molecular weight is 196 g/mol. The first kappa shape index (κ1) is 10.2. The van der Waals surface area contributed by atoms with Gasteiger partial charge in [-0.15, -0.1) is 0 Å². The molecule has 0 amide bonds. The van der Waals surface area contributed by atoms with E-state index in [-0.39, 0.29) is 5.69 Å². The third-order valence-electron chi connectivity index (χ3n) is 1.52. The van der Waals surface area contributed by atoms with E-state index in [4.69, 9.17) is 0 Å². The molecule has 0 unspecified atom stereocenters. The molecule has 6 heteroatoms. The number of H-pyrrole nitrogens is 2. The normalized spacial score (nSPS) is 10.8. The molecule has 0 spiro atoms. The zero-order valence-corrected chi connectivity index (χ0v) is 8.29. The average Bonchev–Trinajstić information content (AvgIpc) is 2.01. The first-order valence-corrected chi connectivity index (χ1v) is 4.04. The zero-order chi connectivity index (χ0) is 10.7. The van der Waals surface area contributed by atoms with Gasteiger partial charge in [-0.05, 0) is 6.92 Å². The maximum absolute atomic E-state index is 11.3. The maximum Gasteiger partial charge on any atom is 0.326 e. The summed E-state index contributed by atoms with van der Waals surface area (Å²) in [5, 5.41) is 0. The van der Waals surface area contributed by atoms with Crippen molar-refractivity contribution in [3.63, 3.8) is 0 Å². The number of rotatable bonds is 2. The largest absolute Gasteiger partial charge is 0.369 e. The lowest BCUT2D eigenvalue weighted by atomic mass is 10.4. The van der Waals surface area contributed by atoms with Crippen molar-refractivity contribution in [3.8, 4) is 0 Å². The van der Waals surface area contributed by atoms with E-state index in [0.29, 0.717) is 5.69 Å². The molecule has 1 heterocycles. The van der Waals surface area contributed by atoms with Crippen molar-refractivity contribution in [1.29, 1.82) is 0 Å². The molecule has 2 N–H and O–H groups in total. The lowest BCUT2D eigenvalue weighted by molar-refractivity contribution is 0.643. The van der Waals surface area contributed by atoms with Crippen LogP contribution in [0.15, 0.2) is 14.6 Å². The van der Waals surface area contributed by atoms with Crippen LogP contribution in [0.2, 0.25) is 0 Å². The summed E-state index contributed by atoms with van der Waals surface area (Å²) in [4.78, 5) is 32.3. The van der Waals surface area contributed by atoms with E-state index in [9.17, 15) is 9.59 Å². The second-order valence-electron chi connectivity index (χ2n) is 3.09. The Balaban J connectivity index is 3.22. The summed E-state index contributed by atoms with van der Waals surface area (Å²) >= 11 is 0. The van der Waals surface area contributed by atoms with Crippen LogP contribution in [0.1, 0.15) is 5.69 Å². The van der Waals surface area contributed by atoms with Gasteiger partial charge in [0.1, 0.15) is 5.69 Å². The highest BCUT2D eigenvalue weighted by molar-refractivity contribution is 5.60. The topological polar surface area (TPSA) is 81.3 Å². The van der Waals surface area contributed by atoms with Gasteiger partial charge in [-0.25, -0.2) is 9.79 Å². The van der Waals surface area contributed by atoms with Crippen LogP contribution in [0.25, 0.3) is 0 Å². The second-order valence-corrected chi connectivity index (χ2v) is 3.09. The summed E-state index contributed by atoms with van der Waals surface area (Å²) < 4.78 is 0. The van der Waals surface area contributed by atoms with Gasteiger partial charge in [0.2, 0.25) is 0 Å². The first-order valence-electron chi connectivity index (χ1n) is 4.04. The van der Waals surface area contributed by atoms with Crippen LogP contribution in [0.3, 0.4) is 0 Å². The van der Waals surface area contributed by atoms with Gasteiger partial charge in [0.15, 0.2) is 0 Å². The Labute approximate surface area is 80.3 Å². The number of nitrogens with one attached hydrogen (secondary N) is 2. The minimum absolute atomic E-state index is 0.221. The second kappa shape index (κ2) is 3.91. The van der Waals surface area contributed by atoms with Gasteiger partial charge in [-0.1, -0.05) is 0 Å². The molecule has 0 aliphatic carbocycles. The summed E-state index contributed by atoms with van der Waals surface area (Å²) in [5.74, 6) is 0. The summed E-state index contributed by atoms with van der Waals surface area (Å²) in [5.41, 5.74) is -0.323. The molecular formula is C8H12N4O2. The minimum atomic E-state index is -0.517. The summed E-state index contributed by atoms with van der Waals surface area (Å²) in [6, 6.07) is 0. The van der Waals surface area contributed by atoms with E-state index in [0.717, 1.165) is 0 Å². The van der Waals surface area contributed by atoms with Gasteiger partial charge < -0.3 is 9.88 Å². The van der Waals surface area contributed by atoms with Crippen molar-refractivity contribution in [2.75, 3.05) is 14.1 Å². The van der Waals surface area contributed by atoms with Crippen molar-refractivity contribution in [2.24, 2.45) is 4.99 Å². The number of hydrogen-bond donors (Lipinski definition) is 2. The van der Waals surface area contributed by atoms with Crippen molar-refractivity contribution in [2.45, 2.75) is 6.92 Å². The highest BCUT2D eigenvalue weighted by Gasteiger charge is 2.02. The number of nitrogens with zero attached hydrogens (tertiary/aromatic N) is 2. The van der Waals surface area contributed by atoms with E-state index in [1.165, 1.54) is 6.34 Å². The number of aryl methyl sites for hydroxylation is 1. The predicted octanol–water partition coefficient (Wildman–Crippen LogP) is -0.407. The number of aliphatic imine (C=N–C) groups is 1. The Morgan fingerprint density at radius 1 is 1.29 bits per heavy atom. The molecule has 1 aromatic heterocycles. The Morgan fingerprint density at radius 3 is 2.43 bits per heavy atom. The highest BCUT2D eigenvalue weighted by Crippen LogP contribution is 2.05. The molecule has 0 saturated heterocycles. The van der Waals surface area contributed by atoms with Crippen LogP contribution in [0.4, 0.5) is 5.69 Å². The van der Waals surface area contributed by atoms with Crippen molar-refractivity contribution < 1.29 is 0 Å². The summed E-state index contributed by atoms with van der Waals surface area (Å²) in [6.07, 6.45) is 1.50. The lowest BCUT2D eigenvalue weighted by Gasteiger charge is -2.02. The molecule has 0 bridgehead atoms. The van der Waals surface area contributed by atoms with Crippen molar-refractivity contribution in [3.05, 3.63) is 26.5 Å². The SMILES string of the molecule is Cc1[nH]c(=O)[nH]c(=O)c1N=CN(C)C. The number of aromatic nitrogens is 2. The standard InChI is InChI=1S/C8H12N4O2/c1-5-6(9-4-12(2)3)7(13)11-8(14)10-5/h4H,1-3H3,(H2,10,11,13,14).